The van der Waals surface area contributed by atoms with E-state index in [1.807, 2.05) is 0 Å². The molecule has 0 radical (unpaired) electrons. The van der Waals surface area contributed by atoms with E-state index in [0.717, 1.165) is 19.1 Å². The summed E-state index contributed by atoms with van der Waals surface area (Å²) in [7, 11) is -1.86. The maximum Gasteiger partial charge on any atom is 0.242 e. The summed E-state index contributed by atoms with van der Waals surface area (Å²) >= 11 is 0. The number of para-hydroxylation sites is 2. The van der Waals surface area contributed by atoms with Gasteiger partial charge in [0.25, 0.3) is 0 Å². The molecule has 1 amide bonds. The standard InChI is InChI=1S/C14H20N2O4S/c1-20-13-9-4-3-7-11(13)15-14(17)12-8-5-6-10-16(12)21(2,18)19/h3-4,7,9,12H,5-6,8,10H2,1-2H3,(H,15,17)/t12-/m1/s1. The van der Waals surface area contributed by atoms with Crippen molar-refractivity contribution in [1.82, 2.24) is 4.31 Å². The maximum atomic E-state index is 12.4. The summed E-state index contributed by atoms with van der Waals surface area (Å²) < 4.78 is 30.1. The van der Waals surface area contributed by atoms with E-state index < -0.39 is 16.1 Å². The first-order valence-corrected chi connectivity index (χ1v) is 8.69. The van der Waals surface area contributed by atoms with E-state index in [9.17, 15) is 13.2 Å². The van der Waals surface area contributed by atoms with Crippen molar-refractivity contribution < 1.29 is 17.9 Å². The lowest BCUT2D eigenvalue weighted by Gasteiger charge is -2.32. The Kier molecular flexibility index (Phi) is 4.84. The summed E-state index contributed by atoms with van der Waals surface area (Å²) in [5.41, 5.74) is 0.545. The average Bonchev–Trinajstić information content (AvgIpc) is 2.47. The average molecular weight is 312 g/mol. The van der Waals surface area contributed by atoms with Crippen LogP contribution in [0.25, 0.3) is 0 Å². The van der Waals surface area contributed by atoms with Crippen LogP contribution < -0.4 is 10.1 Å². The molecule has 0 unspecified atom stereocenters. The minimum absolute atomic E-state index is 0.315. The van der Waals surface area contributed by atoms with Gasteiger partial charge in [-0.3, -0.25) is 4.79 Å². The molecule has 1 atom stereocenters. The normalized spacial score (nSPS) is 20.0. The van der Waals surface area contributed by atoms with Crippen molar-refractivity contribution in [3.05, 3.63) is 24.3 Å². The molecular weight excluding hydrogens is 292 g/mol. The molecule has 0 aliphatic carbocycles. The Bertz CT molecular complexity index is 615. The number of methoxy groups -OCH3 is 1. The lowest BCUT2D eigenvalue weighted by atomic mass is 10.0. The zero-order valence-electron chi connectivity index (χ0n) is 12.2. The van der Waals surface area contributed by atoms with Crippen molar-refractivity contribution >= 4 is 21.6 Å². The SMILES string of the molecule is COc1ccccc1NC(=O)[C@H]1CCCCN1S(C)(=O)=O. The van der Waals surface area contributed by atoms with E-state index in [0.29, 0.717) is 24.4 Å². The van der Waals surface area contributed by atoms with Crippen LogP contribution in [-0.2, 0) is 14.8 Å². The Labute approximate surface area is 125 Å². The molecule has 1 aliphatic heterocycles. The first kappa shape index (κ1) is 15.8. The molecule has 2 rings (SSSR count). The van der Waals surface area contributed by atoms with Crippen LogP contribution in [0.1, 0.15) is 19.3 Å². The van der Waals surface area contributed by atoms with Gasteiger partial charge in [0, 0.05) is 6.54 Å². The number of carbonyl (C=O) groups excluding carboxylic acids is 1. The lowest BCUT2D eigenvalue weighted by Crippen LogP contribution is -2.49. The number of sulfonamides is 1. The van der Waals surface area contributed by atoms with E-state index >= 15 is 0 Å². The predicted octanol–water partition coefficient (Wildman–Crippen LogP) is 1.45. The monoisotopic (exact) mass is 312 g/mol. The first-order chi connectivity index (χ1) is 9.93. The first-order valence-electron chi connectivity index (χ1n) is 6.84. The highest BCUT2D eigenvalue weighted by Crippen LogP contribution is 2.26. The van der Waals surface area contributed by atoms with Gasteiger partial charge in [0.2, 0.25) is 15.9 Å². The highest BCUT2D eigenvalue weighted by Gasteiger charge is 2.34. The fourth-order valence-corrected chi connectivity index (χ4v) is 3.65. The molecule has 1 aromatic rings. The second kappa shape index (κ2) is 6.44. The van der Waals surface area contributed by atoms with Gasteiger partial charge >= 0.3 is 0 Å². The summed E-state index contributed by atoms with van der Waals surface area (Å²) in [6, 6.07) is 6.40. The summed E-state index contributed by atoms with van der Waals surface area (Å²) in [5, 5.41) is 2.76. The molecule has 7 heteroatoms. The number of benzene rings is 1. The summed E-state index contributed by atoms with van der Waals surface area (Å²) in [6.07, 6.45) is 3.30. The van der Waals surface area contributed by atoms with Gasteiger partial charge in [-0.1, -0.05) is 18.6 Å². The van der Waals surface area contributed by atoms with Crippen LogP contribution in [-0.4, -0.2) is 44.6 Å². The molecule has 1 fully saturated rings. The Hall–Kier alpha value is -1.60. The molecule has 0 bridgehead atoms. The molecule has 6 nitrogen and oxygen atoms in total. The number of hydrogen-bond donors (Lipinski definition) is 1. The van der Waals surface area contributed by atoms with Crippen LogP contribution in [0.4, 0.5) is 5.69 Å². The smallest absolute Gasteiger partial charge is 0.242 e. The Morgan fingerprint density at radius 2 is 2.05 bits per heavy atom. The number of ether oxygens (including phenoxy) is 1. The van der Waals surface area contributed by atoms with Crippen LogP contribution >= 0.6 is 0 Å². The summed E-state index contributed by atoms with van der Waals surface area (Å²) in [4.78, 5) is 12.4. The van der Waals surface area contributed by atoms with Crippen LogP contribution in [0.3, 0.4) is 0 Å². The lowest BCUT2D eigenvalue weighted by molar-refractivity contribution is -0.120. The fourth-order valence-electron chi connectivity index (χ4n) is 2.53. The van der Waals surface area contributed by atoms with Gasteiger partial charge in [0.15, 0.2) is 0 Å². The van der Waals surface area contributed by atoms with E-state index in [2.05, 4.69) is 5.32 Å². The van der Waals surface area contributed by atoms with Gasteiger partial charge in [0.05, 0.1) is 19.1 Å². The van der Waals surface area contributed by atoms with Crippen molar-refractivity contribution in [3.63, 3.8) is 0 Å². The number of carbonyl (C=O) groups is 1. The zero-order valence-corrected chi connectivity index (χ0v) is 13.0. The summed E-state index contributed by atoms with van der Waals surface area (Å²) in [5.74, 6) is 0.234. The molecule has 1 aromatic carbocycles. The van der Waals surface area contributed by atoms with Gasteiger partial charge < -0.3 is 10.1 Å². The molecule has 21 heavy (non-hydrogen) atoms. The molecule has 0 spiro atoms. The third-order valence-electron chi connectivity index (χ3n) is 3.55. The molecule has 116 valence electrons. The van der Waals surface area contributed by atoms with Crippen molar-refractivity contribution in [2.75, 3.05) is 25.2 Å². The van der Waals surface area contributed by atoms with Crippen LogP contribution in [0.5, 0.6) is 5.75 Å². The number of hydrogen-bond acceptors (Lipinski definition) is 4. The van der Waals surface area contributed by atoms with E-state index in [-0.39, 0.29) is 5.91 Å². The third-order valence-corrected chi connectivity index (χ3v) is 4.84. The van der Waals surface area contributed by atoms with Gasteiger partial charge in [-0.05, 0) is 25.0 Å². The van der Waals surface area contributed by atoms with Crippen molar-refractivity contribution in [3.8, 4) is 5.75 Å². The largest absolute Gasteiger partial charge is 0.495 e. The molecule has 1 aliphatic rings. The number of nitrogens with zero attached hydrogens (tertiary/aromatic N) is 1. The second-order valence-electron chi connectivity index (χ2n) is 5.07. The Morgan fingerprint density at radius 3 is 2.71 bits per heavy atom. The number of rotatable bonds is 4. The third kappa shape index (κ3) is 3.74. The number of nitrogens with one attached hydrogen (secondary N) is 1. The Balaban J connectivity index is 2.18. The van der Waals surface area contributed by atoms with E-state index in [1.54, 1.807) is 24.3 Å². The molecule has 1 heterocycles. The van der Waals surface area contributed by atoms with Crippen LogP contribution in [0, 0.1) is 0 Å². The highest BCUT2D eigenvalue weighted by molar-refractivity contribution is 7.88. The van der Waals surface area contributed by atoms with Crippen LogP contribution in [0.15, 0.2) is 24.3 Å². The van der Waals surface area contributed by atoms with Gasteiger partial charge in [-0.15, -0.1) is 0 Å². The minimum Gasteiger partial charge on any atom is -0.495 e. The van der Waals surface area contributed by atoms with Crippen LogP contribution in [0.2, 0.25) is 0 Å². The summed E-state index contributed by atoms with van der Waals surface area (Å²) in [6.45, 7) is 0.392. The maximum absolute atomic E-state index is 12.4. The van der Waals surface area contributed by atoms with Gasteiger partial charge in [-0.2, -0.15) is 4.31 Å². The zero-order chi connectivity index (χ0) is 15.5. The number of piperidine rings is 1. The van der Waals surface area contributed by atoms with Crippen molar-refractivity contribution in [2.24, 2.45) is 0 Å². The quantitative estimate of drug-likeness (QED) is 0.913. The number of anilines is 1. The fraction of sp³-hybridized carbons (Fsp3) is 0.500. The van der Waals surface area contributed by atoms with Gasteiger partial charge in [0.1, 0.15) is 11.8 Å². The van der Waals surface area contributed by atoms with E-state index in [1.165, 1.54) is 11.4 Å². The predicted molar refractivity (Wildman–Crippen MR) is 80.8 cm³/mol. The molecule has 1 saturated heterocycles. The molecule has 1 N–H and O–H groups in total. The molecule has 0 saturated carbocycles. The molecular formula is C14H20N2O4S. The Morgan fingerprint density at radius 1 is 1.33 bits per heavy atom. The van der Waals surface area contributed by atoms with Crippen molar-refractivity contribution in [1.29, 1.82) is 0 Å². The molecule has 0 aromatic heterocycles. The van der Waals surface area contributed by atoms with Gasteiger partial charge in [-0.25, -0.2) is 8.42 Å². The van der Waals surface area contributed by atoms with Crippen molar-refractivity contribution in [2.45, 2.75) is 25.3 Å². The number of amides is 1. The highest BCUT2D eigenvalue weighted by atomic mass is 32.2. The topological polar surface area (TPSA) is 75.7 Å². The second-order valence-corrected chi connectivity index (χ2v) is 7.01. The minimum atomic E-state index is -3.39. The van der Waals surface area contributed by atoms with E-state index in [4.69, 9.17) is 4.74 Å².